The lowest BCUT2D eigenvalue weighted by molar-refractivity contribution is -0.137. The molecule has 3 heterocycles. The number of hydrogen-bond acceptors (Lipinski definition) is 6. The zero-order valence-corrected chi connectivity index (χ0v) is 16.2. The summed E-state index contributed by atoms with van der Waals surface area (Å²) in [4.78, 5) is 32.1. The Morgan fingerprint density at radius 2 is 1.82 bits per heavy atom. The summed E-state index contributed by atoms with van der Waals surface area (Å²) in [6, 6.07) is 3.95. The van der Waals surface area contributed by atoms with Crippen LogP contribution in [0.5, 0.6) is 0 Å². The fraction of sp³-hybridized carbons (Fsp3) is 0.353. The highest BCUT2D eigenvalue weighted by atomic mass is 35.5. The zero-order valence-electron chi connectivity index (χ0n) is 14.6. The lowest BCUT2D eigenvalue weighted by Crippen LogP contribution is -2.49. The van der Waals surface area contributed by atoms with E-state index in [1.54, 1.807) is 15.9 Å². The number of carbonyl (C=O) groups excluding carboxylic acids is 2. The number of hydrogen-bond donors (Lipinski definition) is 0. The summed E-state index contributed by atoms with van der Waals surface area (Å²) in [7, 11) is 1.27. The van der Waals surface area contributed by atoms with Crippen molar-refractivity contribution in [2.45, 2.75) is 6.18 Å². The van der Waals surface area contributed by atoms with Crippen molar-refractivity contribution in [3.8, 4) is 0 Å². The summed E-state index contributed by atoms with van der Waals surface area (Å²) in [6.07, 6.45) is -3.76. The Morgan fingerprint density at radius 3 is 2.39 bits per heavy atom. The molecule has 150 valence electrons. The molecule has 0 unspecified atom stereocenters. The first-order valence-electron chi connectivity index (χ1n) is 8.16. The highest BCUT2D eigenvalue weighted by Gasteiger charge is 2.32. The second-order valence-corrected chi connectivity index (χ2v) is 7.45. The molecule has 3 rings (SSSR count). The Kier molecular flexibility index (Phi) is 5.80. The second-order valence-electron chi connectivity index (χ2n) is 5.96. The molecule has 0 aromatic carbocycles. The third kappa shape index (κ3) is 4.22. The van der Waals surface area contributed by atoms with Gasteiger partial charge in [0.1, 0.15) is 10.7 Å². The third-order valence-corrected chi connectivity index (χ3v) is 5.55. The number of pyridine rings is 1. The molecule has 0 radical (unpaired) electrons. The first-order valence-corrected chi connectivity index (χ1v) is 9.35. The van der Waals surface area contributed by atoms with Gasteiger partial charge in [0.05, 0.1) is 22.6 Å². The minimum absolute atomic E-state index is 0.0874. The predicted octanol–water partition coefficient (Wildman–Crippen LogP) is 3.56. The molecule has 1 fully saturated rings. The summed E-state index contributed by atoms with van der Waals surface area (Å²) >= 11 is 7.03. The molecule has 1 aliphatic heterocycles. The first-order chi connectivity index (χ1) is 13.2. The Hall–Kier alpha value is -2.33. The molecule has 0 saturated carbocycles. The van der Waals surface area contributed by atoms with E-state index in [2.05, 4.69) is 9.72 Å². The van der Waals surface area contributed by atoms with Crippen LogP contribution in [0, 0.1) is 0 Å². The number of nitrogens with zero attached hydrogens (tertiary/aromatic N) is 3. The number of amides is 1. The molecule has 1 amide bonds. The first kappa shape index (κ1) is 20.4. The van der Waals surface area contributed by atoms with Gasteiger partial charge in [0.2, 0.25) is 0 Å². The predicted molar refractivity (Wildman–Crippen MR) is 98.0 cm³/mol. The van der Waals surface area contributed by atoms with E-state index < -0.39 is 17.7 Å². The normalized spacial score (nSPS) is 14.9. The maximum absolute atomic E-state index is 12.7. The lowest BCUT2D eigenvalue weighted by atomic mass is 10.2. The van der Waals surface area contributed by atoms with Gasteiger partial charge in [-0.15, -0.1) is 11.3 Å². The molecule has 0 spiro atoms. The van der Waals surface area contributed by atoms with Crippen LogP contribution in [0.2, 0.25) is 5.02 Å². The number of halogens is 4. The van der Waals surface area contributed by atoms with Gasteiger partial charge in [0.25, 0.3) is 5.91 Å². The quantitative estimate of drug-likeness (QED) is 0.692. The Bertz CT molecular complexity index is 895. The summed E-state index contributed by atoms with van der Waals surface area (Å²) in [5, 5.41) is -0.0874. The molecule has 0 atom stereocenters. The van der Waals surface area contributed by atoms with Gasteiger partial charge in [-0.05, 0) is 18.2 Å². The van der Waals surface area contributed by atoms with Crippen molar-refractivity contribution >= 4 is 40.6 Å². The molecule has 0 bridgehead atoms. The van der Waals surface area contributed by atoms with Crippen LogP contribution < -0.4 is 4.90 Å². The van der Waals surface area contributed by atoms with Crippen LogP contribution in [0.25, 0.3) is 0 Å². The minimum Gasteiger partial charge on any atom is -0.465 e. The molecule has 11 heteroatoms. The largest absolute Gasteiger partial charge is 0.465 e. The van der Waals surface area contributed by atoms with E-state index in [1.165, 1.54) is 13.2 Å². The molecular formula is C17H15ClF3N3O3S. The SMILES string of the molecule is COC(=O)c1ccc(C(=O)N2CCN(c3ncc(C(F)(F)F)cc3Cl)CC2)s1. The van der Waals surface area contributed by atoms with E-state index in [0.717, 1.165) is 23.6 Å². The fourth-order valence-electron chi connectivity index (χ4n) is 2.76. The summed E-state index contributed by atoms with van der Waals surface area (Å²) in [5.74, 6) is -0.464. The number of piperazine rings is 1. The van der Waals surface area contributed by atoms with Crippen LogP contribution >= 0.6 is 22.9 Å². The molecule has 2 aromatic rings. The van der Waals surface area contributed by atoms with Crippen molar-refractivity contribution in [3.05, 3.63) is 44.7 Å². The number of carbonyl (C=O) groups is 2. The van der Waals surface area contributed by atoms with Gasteiger partial charge in [0.15, 0.2) is 0 Å². The van der Waals surface area contributed by atoms with Gasteiger partial charge >= 0.3 is 12.1 Å². The molecule has 28 heavy (non-hydrogen) atoms. The number of ether oxygens (including phenoxy) is 1. The maximum Gasteiger partial charge on any atom is 0.417 e. The highest BCUT2D eigenvalue weighted by molar-refractivity contribution is 7.15. The lowest BCUT2D eigenvalue weighted by Gasteiger charge is -2.35. The number of alkyl halides is 3. The highest BCUT2D eigenvalue weighted by Crippen LogP contribution is 2.33. The van der Waals surface area contributed by atoms with Crippen LogP contribution in [0.1, 0.15) is 24.9 Å². The van der Waals surface area contributed by atoms with Crippen LogP contribution in [0.15, 0.2) is 24.4 Å². The van der Waals surface area contributed by atoms with Gasteiger partial charge in [-0.1, -0.05) is 11.6 Å². The number of aromatic nitrogens is 1. The molecule has 1 aliphatic rings. The number of methoxy groups -OCH3 is 1. The fourth-order valence-corrected chi connectivity index (χ4v) is 3.94. The summed E-state index contributed by atoms with van der Waals surface area (Å²) < 4.78 is 42.8. The van der Waals surface area contributed by atoms with E-state index in [0.29, 0.717) is 35.9 Å². The molecule has 2 aromatic heterocycles. The number of thiophene rings is 1. The Morgan fingerprint density at radius 1 is 1.18 bits per heavy atom. The number of esters is 1. The van der Waals surface area contributed by atoms with Gasteiger partial charge in [-0.2, -0.15) is 13.2 Å². The minimum atomic E-state index is -4.51. The van der Waals surface area contributed by atoms with Crippen molar-refractivity contribution < 1.29 is 27.5 Å². The van der Waals surface area contributed by atoms with Crippen LogP contribution in [-0.2, 0) is 10.9 Å². The number of rotatable bonds is 3. The van der Waals surface area contributed by atoms with Gasteiger partial charge in [-0.25, -0.2) is 9.78 Å². The van der Waals surface area contributed by atoms with Crippen molar-refractivity contribution in [1.29, 1.82) is 0 Å². The molecule has 0 aliphatic carbocycles. The Balaban J connectivity index is 1.65. The van der Waals surface area contributed by atoms with Crippen molar-refractivity contribution in [3.63, 3.8) is 0 Å². The average Bonchev–Trinajstić information content (AvgIpc) is 3.16. The van der Waals surface area contributed by atoms with Crippen molar-refractivity contribution in [2.24, 2.45) is 0 Å². The Labute approximate surface area is 167 Å². The van der Waals surface area contributed by atoms with Gasteiger partial charge in [0, 0.05) is 32.4 Å². The van der Waals surface area contributed by atoms with Crippen molar-refractivity contribution in [2.75, 3.05) is 38.2 Å². The van der Waals surface area contributed by atoms with Crippen LogP contribution in [0.4, 0.5) is 19.0 Å². The van der Waals surface area contributed by atoms with Crippen LogP contribution in [-0.4, -0.2) is 55.0 Å². The van der Waals surface area contributed by atoms with E-state index in [1.807, 2.05) is 0 Å². The van der Waals surface area contributed by atoms with E-state index >= 15 is 0 Å². The maximum atomic E-state index is 12.7. The molecule has 1 saturated heterocycles. The topological polar surface area (TPSA) is 62.7 Å². The summed E-state index contributed by atoms with van der Waals surface area (Å²) in [5.41, 5.74) is -0.908. The van der Waals surface area contributed by atoms with Crippen LogP contribution in [0.3, 0.4) is 0 Å². The zero-order chi connectivity index (χ0) is 20.5. The van der Waals surface area contributed by atoms with E-state index in [9.17, 15) is 22.8 Å². The van der Waals surface area contributed by atoms with Gasteiger partial charge in [-0.3, -0.25) is 4.79 Å². The molecular weight excluding hydrogens is 419 g/mol. The van der Waals surface area contributed by atoms with E-state index in [-0.39, 0.29) is 16.7 Å². The average molecular weight is 434 g/mol. The number of anilines is 1. The van der Waals surface area contributed by atoms with Crippen molar-refractivity contribution in [1.82, 2.24) is 9.88 Å². The molecule has 6 nitrogen and oxygen atoms in total. The standard InChI is InChI=1S/C17H15ClF3N3O3S/c1-27-16(26)13-3-2-12(28-13)15(25)24-6-4-23(5-7-24)14-11(18)8-10(9-22-14)17(19,20)21/h2-3,8-9H,4-7H2,1H3. The third-order valence-electron chi connectivity index (χ3n) is 4.22. The smallest absolute Gasteiger partial charge is 0.417 e. The van der Waals surface area contributed by atoms with Gasteiger partial charge < -0.3 is 14.5 Å². The monoisotopic (exact) mass is 433 g/mol. The van der Waals surface area contributed by atoms with E-state index in [4.69, 9.17) is 11.6 Å². The molecule has 0 N–H and O–H groups in total. The summed E-state index contributed by atoms with van der Waals surface area (Å²) in [6.45, 7) is 1.45. The second kappa shape index (κ2) is 7.96.